The minimum absolute atomic E-state index is 0.368. The predicted octanol–water partition coefficient (Wildman–Crippen LogP) is 4.97. The molecule has 1 aliphatic carbocycles. The van der Waals surface area contributed by atoms with Crippen molar-refractivity contribution < 1.29 is 0 Å². The molecule has 0 atom stereocenters. The number of nitrogens with one attached hydrogen (secondary N) is 1. The number of H-pyrrole nitrogens is 1. The zero-order valence-electron chi connectivity index (χ0n) is 21.1. The molecule has 0 aliphatic heterocycles. The van der Waals surface area contributed by atoms with Gasteiger partial charge in [-0.25, -0.2) is 9.67 Å². The summed E-state index contributed by atoms with van der Waals surface area (Å²) in [5, 5.41) is 19.5. The molecule has 0 radical (unpaired) electrons. The van der Waals surface area contributed by atoms with Crippen molar-refractivity contribution in [2.24, 2.45) is 11.7 Å². The third-order valence-electron chi connectivity index (χ3n) is 7.27. The predicted molar refractivity (Wildman–Crippen MR) is 141 cm³/mol. The van der Waals surface area contributed by atoms with Crippen LogP contribution in [0, 0.1) is 5.92 Å². The van der Waals surface area contributed by atoms with Gasteiger partial charge in [-0.3, -0.25) is 0 Å². The molecule has 1 saturated carbocycles. The lowest BCUT2D eigenvalue weighted by Gasteiger charge is -2.25. The van der Waals surface area contributed by atoms with Gasteiger partial charge in [0.1, 0.15) is 5.82 Å². The molecule has 0 spiro atoms. The fraction of sp³-hybridized carbons (Fsp3) is 0.464. The van der Waals surface area contributed by atoms with E-state index < -0.39 is 0 Å². The number of rotatable bonds is 10. The van der Waals surface area contributed by atoms with E-state index in [1.54, 1.807) is 0 Å². The maximum absolute atomic E-state index is 6.14. The first-order chi connectivity index (χ1) is 17.7. The summed E-state index contributed by atoms with van der Waals surface area (Å²) in [4.78, 5) is 4.99. The number of benzene rings is 2. The van der Waals surface area contributed by atoms with Crippen molar-refractivity contribution in [3.8, 4) is 22.5 Å². The first kappa shape index (κ1) is 24.3. The summed E-state index contributed by atoms with van der Waals surface area (Å²) in [6, 6.07) is 17.2. The highest BCUT2D eigenvalue weighted by atomic mass is 15.5. The summed E-state index contributed by atoms with van der Waals surface area (Å²) in [7, 11) is 0. The van der Waals surface area contributed by atoms with E-state index in [1.165, 1.54) is 31.2 Å². The van der Waals surface area contributed by atoms with Crippen LogP contribution in [0.15, 0.2) is 48.5 Å². The molecular formula is C28H36N8. The van der Waals surface area contributed by atoms with E-state index in [2.05, 4.69) is 62.6 Å². The van der Waals surface area contributed by atoms with Gasteiger partial charge in [0.2, 0.25) is 5.82 Å². The second-order valence-corrected chi connectivity index (χ2v) is 10.0. The number of unbranched alkanes of at least 4 members (excludes halogenated alkanes) is 2. The molecule has 4 aromatic rings. The van der Waals surface area contributed by atoms with Crippen molar-refractivity contribution in [2.75, 3.05) is 0 Å². The number of nitrogens with zero attached hydrogens (tertiary/aromatic N) is 6. The fourth-order valence-corrected chi connectivity index (χ4v) is 5.16. The Hall–Kier alpha value is -3.39. The molecule has 1 aliphatic rings. The highest BCUT2D eigenvalue weighted by molar-refractivity contribution is 5.80. The summed E-state index contributed by atoms with van der Waals surface area (Å²) in [5.41, 5.74) is 10.5. The number of aryl methyl sites for hydroxylation is 1. The minimum atomic E-state index is 0.368. The highest BCUT2D eigenvalue weighted by Crippen LogP contribution is 2.30. The summed E-state index contributed by atoms with van der Waals surface area (Å²) < 4.78 is 2.14. The van der Waals surface area contributed by atoms with E-state index >= 15 is 0 Å². The summed E-state index contributed by atoms with van der Waals surface area (Å²) in [6.45, 7) is 2.96. The summed E-state index contributed by atoms with van der Waals surface area (Å²) in [6.07, 6.45) is 10.1. The molecule has 0 unspecified atom stereocenters. The number of aromatic nitrogens is 7. The molecule has 5 rings (SSSR count). The van der Waals surface area contributed by atoms with E-state index in [-0.39, 0.29) is 0 Å². The average Bonchev–Trinajstić information content (AvgIpc) is 3.57. The minimum Gasteiger partial charge on any atom is -0.328 e. The third-order valence-corrected chi connectivity index (χ3v) is 7.27. The van der Waals surface area contributed by atoms with Gasteiger partial charge < -0.3 is 5.73 Å². The van der Waals surface area contributed by atoms with E-state index in [1.807, 2.05) is 18.2 Å². The molecule has 2 aromatic carbocycles. The maximum Gasteiger partial charge on any atom is 0.205 e. The number of tetrazole rings is 1. The van der Waals surface area contributed by atoms with Crippen molar-refractivity contribution in [1.29, 1.82) is 0 Å². The zero-order chi connectivity index (χ0) is 24.7. The van der Waals surface area contributed by atoms with Crippen LogP contribution < -0.4 is 5.73 Å². The maximum atomic E-state index is 6.14. The third kappa shape index (κ3) is 5.87. The molecule has 3 N–H and O–H groups in total. The Morgan fingerprint density at radius 3 is 2.47 bits per heavy atom. The number of nitrogens with two attached hydrogens (primary N) is 1. The second-order valence-electron chi connectivity index (χ2n) is 10.0. The Balaban J connectivity index is 1.34. The molecule has 36 heavy (non-hydrogen) atoms. The number of aromatic amines is 1. The van der Waals surface area contributed by atoms with Crippen LogP contribution in [-0.4, -0.2) is 41.4 Å². The van der Waals surface area contributed by atoms with Crippen LogP contribution in [0.5, 0.6) is 0 Å². The molecule has 2 heterocycles. The summed E-state index contributed by atoms with van der Waals surface area (Å²) >= 11 is 0. The lowest BCUT2D eigenvalue weighted by molar-refractivity contribution is 0.317. The van der Waals surface area contributed by atoms with Gasteiger partial charge in [0.05, 0.1) is 6.54 Å². The zero-order valence-corrected chi connectivity index (χ0v) is 21.1. The van der Waals surface area contributed by atoms with Crippen molar-refractivity contribution in [3.05, 3.63) is 65.7 Å². The smallest absolute Gasteiger partial charge is 0.205 e. The molecule has 0 saturated heterocycles. The molecule has 0 amide bonds. The van der Waals surface area contributed by atoms with Crippen molar-refractivity contribution in [2.45, 2.75) is 77.3 Å². The Labute approximate surface area is 212 Å². The Kier molecular flexibility index (Phi) is 7.81. The highest BCUT2D eigenvalue weighted by Gasteiger charge is 2.22. The van der Waals surface area contributed by atoms with Crippen LogP contribution in [0.1, 0.15) is 69.1 Å². The quantitative estimate of drug-likeness (QED) is 0.308. The average molecular weight is 485 g/mol. The van der Waals surface area contributed by atoms with Crippen LogP contribution >= 0.6 is 0 Å². The number of hydrogen-bond donors (Lipinski definition) is 2. The normalized spacial score (nSPS) is 17.9. The Morgan fingerprint density at radius 2 is 1.75 bits per heavy atom. The topological polar surface area (TPSA) is 111 Å². The Bertz CT molecular complexity index is 1220. The molecule has 188 valence electrons. The molecule has 2 aromatic heterocycles. The van der Waals surface area contributed by atoms with E-state index in [0.717, 1.165) is 67.0 Å². The monoisotopic (exact) mass is 484 g/mol. The van der Waals surface area contributed by atoms with Crippen LogP contribution in [0.3, 0.4) is 0 Å². The second kappa shape index (κ2) is 11.6. The van der Waals surface area contributed by atoms with Gasteiger partial charge >= 0.3 is 0 Å². The molecule has 8 heteroatoms. The van der Waals surface area contributed by atoms with Crippen molar-refractivity contribution in [3.63, 3.8) is 0 Å². The van der Waals surface area contributed by atoms with Crippen LogP contribution in [0.2, 0.25) is 0 Å². The van der Waals surface area contributed by atoms with Gasteiger partial charge in [-0.15, -0.1) is 10.2 Å². The summed E-state index contributed by atoms with van der Waals surface area (Å²) in [5.74, 6) is 3.35. The van der Waals surface area contributed by atoms with E-state index in [4.69, 9.17) is 15.8 Å². The molecular weight excluding hydrogens is 448 g/mol. The fourth-order valence-electron chi connectivity index (χ4n) is 5.16. The largest absolute Gasteiger partial charge is 0.328 e. The first-order valence-corrected chi connectivity index (χ1v) is 13.3. The molecule has 8 nitrogen and oxygen atoms in total. The van der Waals surface area contributed by atoms with Crippen LogP contribution in [0.25, 0.3) is 22.5 Å². The number of hydrogen-bond acceptors (Lipinski definition) is 6. The van der Waals surface area contributed by atoms with Gasteiger partial charge in [0.15, 0.2) is 5.82 Å². The first-order valence-electron chi connectivity index (χ1n) is 13.3. The molecule has 0 bridgehead atoms. The SMILES string of the molecule is CCCCCc1nc(CC2CCC(N)CC2)n(Cc2ccc(-c3ccccc3-c3nn[nH]n3)cc2)n1. The van der Waals surface area contributed by atoms with Crippen LogP contribution in [0.4, 0.5) is 0 Å². The van der Waals surface area contributed by atoms with E-state index in [9.17, 15) is 0 Å². The van der Waals surface area contributed by atoms with Gasteiger partial charge in [0.25, 0.3) is 0 Å². The molecule has 1 fully saturated rings. The van der Waals surface area contributed by atoms with Gasteiger partial charge in [-0.1, -0.05) is 68.3 Å². The van der Waals surface area contributed by atoms with Gasteiger partial charge in [-0.05, 0) is 59.9 Å². The lowest BCUT2D eigenvalue weighted by atomic mass is 9.84. The van der Waals surface area contributed by atoms with Crippen molar-refractivity contribution in [1.82, 2.24) is 35.4 Å². The Morgan fingerprint density at radius 1 is 0.972 bits per heavy atom. The standard InChI is InChI=1S/C28H36N8/c1-2-3-4-9-26-30-27(18-20-12-16-23(29)17-13-20)36(33-26)19-21-10-14-22(15-11-21)24-7-5-6-8-25(24)28-31-34-35-32-28/h5-8,10-11,14-15,20,23H,2-4,9,12-13,16-19,29H2,1H3,(H,31,32,34,35). The van der Waals surface area contributed by atoms with Gasteiger partial charge in [-0.2, -0.15) is 10.3 Å². The van der Waals surface area contributed by atoms with Crippen molar-refractivity contribution >= 4 is 0 Å². The van der Waals surface area contributed by atoms with E-state index in [0.29, 0.717) is 17.8 Å². The van der Waals surface area contributed by atoms with Crippen LogP contribution in [-0.2, 0) is 19.4 Å². The lowest BCUT2D eigenvalue weighted by Crippen LogP contribution is -2.27. The van der Waals surface area contributed by atoms with Gasteiger partial charge in [0, 0.05) is 24.4 Å².